The molecule has 5 heteroatoms. The number of hydrogen-bond acceptors (Lipinski definition) is 1. The van der Waals surface area contributed by atoms with Gasteiger partial charge in [-0.05, 0) is 23.8 Å². The molecule has 0 amide bonds. The summed E-state index contributed by atoms with van der Waals surface area (Å²) in [6.45, 7) is 0. The summed E-state index contributed by atoms with van der Waals surface area (Å²) in [4.78, 5) is 0. The highest BCUT2D eigenvalue weighted by Gasteiger charge is 2.18. The maximum absolute atomic E-state index is 6.55. The van der Waals surface area contributed by atoms with Gasteiger partial charge in [-0.3, -0.25) is 4.68 Å². The van der Waals surface area contributed by atoms with Crippen LogP contribution in [-0.4, -0.2) is 9.78 Å². The average Bonchev–Trinajstić information content (AvgIpc) is 2.76. The van der Waals surface area contributed by atoms with Gasteiger partial charge in [0.05, 0.1) is 15.7 Å². The third kappa shape index (κ3) is 3.00. The normalized spacial score (nSPS) is 10.9. The lowest BCUT2D eigenvalue weighted by Gasteiger charge is -2.03. The third-order valence-corrected chi connectivity index (χ3v) is 4.45. The molecule has 0 saturated carbocycles. The van der Waals surface area contributed by atoms with E-state index in [2.05, 4.69) is 17.2 Å². The summed E-state index contributed by atoms with van der Waals surface area (Å²) in [6, 6.07) is 15.5. The molecule has 2 aromatic carbocycles. The molecule has 1 heterocycles. The molecule has 112 valence electrons. The quantitative estimate of drug-likeness (QED) is 0.597. The van der Waals surface area contributed by atoms with Crippen molar-refractivity contribution in [1.29, 1.82) is 0 Å². The maximum Gasteiger partial charge on any atom is 0.113 e. The Balaban J connectivity index is 2.03. The van der Waals surface area contributed by atoms with Crippen LogP contribution in [0.1, 0.15) is 11.3 Å². The van der Waals surface area contributed by atoms with Gasteiger partial charge in [0.2, 0.25) is 0 Å². The second kappa shape index (κ2) is 6.33. The van der Waals surface area contributed by atoms with E-state index in [0.717, 1.165) is 11.3 Å². The van der Waals surface area contributed by atoms with Crippen LogP contribution in [0.2, 0.25) is 15.1 Å². The number of aryl methyl sites for hydroxylation is 1. The molecule has 3 rings (SSSR count). The van der Waals surface area contributed by atoms with E-state index in [0.29, 0.717) is 27.2 Å². The Labute approximate surface area is 144 Å². The topological polar surface area (TPSA) is 17.8 Å². The average molecular weight is 352 g/mol. The van der Waals surface area contributed by atoms with Crippen LogP contribution in [-0.2, 0) is 13.5 Å². The van der Waals surface area contributed by atoms with Gasteiger partial charge in [-0.25, -0.2) is 0 Å². The van der Waals surface area contributed by atoms with Gasteiger partial charge in [0.1, 0.15) is 5.69 Å². The Morgan fingerprint density at radius 1 is 1.00 bits per heavy atom. The zero-order valence-corrected chi connectivity index (χ0v) is 14.1. The van der Waals surface area contributed by atoms with Crippen LogP contribution in [0.4, 0.5) is 0 Å². The molecule has 0 saturated heterocycles. The molecule has 0 unspecified atom stereocenters. The van der Waals surface area contributed by atoms with E-state index in [9.17, 15) is 0 Å². The van der Waals surface area contributed by atoms with Crippen LogP contribution in [0.25, 0.3) is 11.3 Å². The first-order chi connectivity index (χ1) is 10.6. The Kier molecular flexibility index (Phi) is 4.44. The van der Waals surface area contributed by atoms with Crippen molar-refractivity contribution in [3.63, 3.8) is 0 Å². The molecule has 3 aromatic rings. The smallest absolute Gasteiger partial charge is 0.113 e. The van der Waals surface area contributed by atoms with Gasteiger partial charge in [-0.2, -0.15) is 5.10 Å². The van der Waals surface area contributed by atoms with Crippen LogP contribution in [0.15, 0.2) is 48.5 Å². The number of nitrogens with zero attached hydrogens (tertiary/aromatic N) is 2. The molecule has 1 aromatic heterocycles. The minimum Gasteiger partial charge on any atom is -0.270 e. The first-order valence-corrected chi connectivity index (χ1v) is 7.90. The lowest BCUT2D eigenvalue weighted by molar-refractivity contribution is 0.727. The number of hydrogen-bond donors (Lipinski definition) is 0. The molecule has 0 spiro atoms. The number of halogens is 3. The van der Waals surface area contributed by atoms with E-state index in [1.165, 1.54) is 5.56 Å². The fraction of sp³-hybridized carbons (Fsp3) is 0.118. The molecule has 0 N–H and O–H groups in total. The van der Waals surface area contributed by atoms with Crippen molar-refractivity contribution < 1.29 is 0 Å². The molecule has 0 aliphatic rings. The number of benzene rings is 2. The van der Waals surface area contributed by atoms with Crippen LogP contribution in [0, 0.1) is 0 Å². The van der Waals surface area contributed by atoms with Gasteiger partial charge < -0.3 is 0 Å². The van der Waals surface area contributed by atoms with Crippen molar-refractivity contribution in [3.8, 4) is 11.3 Å². The SMILES string of the molecule is Cn1nc(-c2ccc(Cl)cc2Cl)c(Cl)c1Cc1ccccc1. The first-order valence-electron chi connectivity index (χ1n) is 6.77. The highest BCUT2D eigenvalue weighted by atomic mass is 35.5. The molecule has 0 aliphatic carbocycles. The van der Waals surface area contributed by atoms with Crippen molar-refractivity contribution in [3.05, 3.63) is 74.9 Å². The second-order valence-electron chi connectivity index (χ2n) is 5.02. The molecular weight excluding hydrogens is 339 g/mol. The zero-order chi connectivity index (χ0) is 15.7. The van der Waals surface area contributed by atoms with E-state index in [1.54, 1.807) is 16.8 Å². The largest absolute Gasteiger partial charge is 0.270 e. The predicted molar refractivity (Wildman–Crippen MR) is 92.9 cm³/mol. The van der Waals surface area contributed by atoms with Gasteiger partial charge in [-0.1, -0.05) is 65.1 Å². The van der Waals surface area contributed by atoms with Crippen LogP contribution >= 0.6 is 34.8 Å². The van der Waals surface area contributed by atoms with Crippen LogP contribution < -0.4 is 0 Å². The number of rotatable bonds is 3. The van der Waals surface area contributed by atoms with Crippen molar-refractivity contribution in [2.45, 2.75) is 6.42 Å². The lowest BCUT2D eigenvalue weighted by atomic mass is 10.1. The number of aromatic nitrogens is 2. The van der Waals surface area contributed by atoms with Crippen molar-refractivity contribution in [1.82, 2.24) is 9.78 Å². The van der Waals surface area contributed by atoms with E-state index in [1.807, 2.05) is 31.3 Å². The molecule has 0 atom stereocenters. The van der Waals surface area contributed by atoms with Crippen LogP contribution in [0.3, 0.4) is 0 Å². The summed E-state index contributed by atoms with van der Waals surface area (Å²) < 4.78 is 1.80. The van der Waals surface area contributed by atoms with Gasteiger partial charge in [-0.15, -0.1) is 0 Å². The Hall–Kier alpha value is -1.48. The molecule has 0 fully saturated rings. The van der Waals surface area contributed by atoms with E-state index in [-0.39, 0.29) is 0 Å². The van der Waals surface area contributed by atoms with E-state index in [4.69, 9.17) is 34.8 Å². The predicted octanol–water partition coefficient (Wildman–Crippen LogP) is 5.64. The minimum absolute atomic E-state index is 0.541. The maximum atomic E-state index is 6.55. The van der Waals surface area contributed by atoms with Gasteiger partial charge in [0.25, 0.3) is 0 Å². The summed E-state index contributed by atoms with van der Waals surface area (Å²) in [7, 11) is 1.89. The standard InChI is InChI=1S/C17H13Cl3N2/c1-22-15(9-11-5-3-2-4-6-11)16(20)17(21-22)13-8-7-12(18)10-14(13)19/h2-8,10H,9H2,1H3. The van der Waals surface area contributed by atoms with Gasteiger partial charge in [0.15, 0.2) is 0 Å². The summed E-state index contributed by atoms with van der Waals surface area (Å²) in [5.41, 5.74) is 3.60. The van der Waals surface area contributed by atoms with Crippen molar-refractivity contribution in [2.75, 3.05) is 0 Å². The minimum atomic E-state index is 0.541. The zero-order valence-electron chi connectivity index (χ0n) is 11.9. The van der Waals surface area contributed by atoms with Crippen LogP contribution in [0.5, 0.6) is 0 Å². The monoisotopic (exact) mass is 350 g/mol. The molecule has 0 radical (unpaired) electrons. The van der Waals surface area contributed by atoms with Gasteiger partial charge in [0, 0.05) is 24.1 Å². The molecular formula is C17H13Cl3N2. The fourth-order valence-electron chi connectivity index (χ4n) is 2.37. The van der Waals surface area contributed by atoms with E-state index >= 15 is 0 Å². The van der Waals surface area contributed by atoms with Crippen molar-refractivity contribution in [2.24, 2.45) is 7.05 Å². The summed E-state index contributed by atoms with van der Waals surface area (Å²) in [5.74, 6) is 0. The molecule has 22 heavy (non-hydrogen) atoms. The Morgan fingerprint density at radius 3 is 2.41 bits per heavy atom. The van der Waals surface area contributed by atoms with Crippen molar-refractivity contribution >= 4 is 34.8 Å². The lowest BCUT2D eigenvalue weighted by Crippen LogP contribution is -1.99. The fourth-order valence-corrected chi connectivity index (χ4v) is 3.19. The third-order valence-electron chi connectivity index (χ3n) is 3.50. The Bertz CT molecular complexity index is 810. The summed E-state index contributed by atoms with van der Waals surface area (Å²) in [6.07, 6.45) is 0.717. The highest BCUT2D eigenvalue weighted by molar-refractivity contribution is 6.38. The summed E-state index contributed by atoms with van der Waals surface area (Å²) in [5, 5.41) is 6.27. The van der Waals surface area contributed by atoms with Gasteiger partial charge >= 0.3 is 0 Å². The molecule has 0 bridgehead atoms. The van der Waals surface area contributed by atoms with E-state index < -0.39 is 0 Å². The second-order valence-corrected chi connectivity index (χ2v) is 6.24. The molecule has 0 aliphatic heterocycles. The highest BCUT2D eigenvalue weighted by Crippen LogP contribution is 2.36. The summed E-state index contributed by atoms with van der Waals surface area (Å²) >= 11 is 18.8. The Morgan fingerprint density at radius 2 is 1.73 bits per heavy atom. The first kappa shape index (κ1) is 15.4. The molecule has 2 nitrogen and oxygen atoms in total.